The van der Waals surface area contributed by atoms with E-state index < -0.39 is 235 Å². The van der Waals surface area contributed by atoms with Gasteiger partial charge in [-0.05, 0) is 67.6 Å². The number of aliphatic hydroxyl groups excluding tert-OH is 19. The van der Waals surface area contributed by atoms with Crippen molar-refractivity contribution in [3.63, 3.8) is 0 Å². The average Bonchev–Trinajstić information content (AvgIpc) is 1.74. The van der Waals surface area contributed by atoms with Crippen molar-refractivity contribution in [3.8, 4) is 22.9 Å². The highest BCUT2D eigenvalue weighted by Gasteiger charge is 2.58. The summed E-state index contributed by atoms with van der Waals surface area (Å²) < 4.78 is 89.0. The normalized spacial score (nSPS) is 37.8. The van der Waals surface area contributed by atoms with Crippen LogP contribution in [0.25, 0.3) is 11.4 Å². The number of benzene rings is 2. The number of aromatic nitrogens is 6. The Morgan fingerprint density at radius 2 is 0.879 bits per heavy atom. The van der Waals surface area contributed by atoms with Crippen molar-refractivity contribution in [1.29, 1.82) is 0 Å². The molecular weight excluding hydrogens is 1440 g/mol. The maximum absolute atomic E-state index is 13.2. The van der Waals surface area contributed by atoms with Crippen molar-refractivity contribution in [2.75, 3.05) is 72.7 Å². The van der Waals surface area contributed by atoms with Crippen LogP contribution in [-0.4, -0.2) is 388 Å². The Bertz CT molecular complexity index is 3470. The van der Waals surface area contributed by atoms with Gasteiger partial charge in [0.1, 0.15) is 176 Å². The van der Waals surface area contributed by atoms with Crippen LogP contribution in [0.1, 0.15) is 37.4 Å². The number of nitrogens with zero attached hydrogens (tertiary/aromatic N) is 5. The molecule has 6 fully saturated rings. The topological polar surface area (TPSA) is 634 Å². The highest BCUT2D eigenvalue weighted by atomic mass is 16.8. The summed E-state index contributed by atoms with van der Waals surface area (Å²) in [5, 5.41) is 228. The molecule has 8 heterocycles. The van der Waals surface area contributed by atoms with E-state index in [2.05, 4.69) is 15.4 Å². The lowest BCUT2D eigenvalue weighted by Crippen LogP contribution is -2.68. The van der Waals surface area contributed by atoms with Crippen LogP contribution in [0.4, 0.5) is 0 Å². The molecule has 0 radical (unpaired) electrons. The molecule has 6 aliphatic heterocycles. The number of hydrogen-bond acceptors (Lipinski definition) is 39. The molecule has 6 saturated heterocycles. The minimum atomic E-state index is -2.29. The van der Waals surface area contributed by atoms with Crippen molar-refractivity contribution >= 4 is 0 Å². The van der Waals surface area contributed by atoms with Gasteiger partial charge in [0.05, 0.1) is 78.0 Å². The van der Waals surface area contributed by atoms with Crippen molar-refractivity contribution in [3.05, 3.63) is 80.9 Å². The van der Waals surface area contributed by atoms with Crippen LogP contribution in [0.2, 0.25) is 0 Å². The summed E-state index contributed by atoms with van der Waals surface area (Å²) in [5.41, 5.74) is 0.472. The molecule has 4 aromatic rings. The molecule has 21 N–H and O–H groups in total. The quantitative estimate of drug-likeness (QED) is 0.0190. The van der Waals surface area contributed by atoms with E-state index in [1.54, 1.807) is 47.3 Å². The molecule has 12 unspecified atom stereocenters. The maximum atomic E-state index is 13.2. The second kappa shape index (κ2) is 38.7. The number of H-pyrrole nitrogens is 1. The second-order valence-electron chi connectivity index (χ2n) is 26.2. The zero-order chi connectivity index (χ0) is 77.1. The average molecular weight is 1540 g/mol. The molecule has 6 aliphatic rings. The zero-order valence-electron chi connectivity index (χ0n) is 57.6. The lowest BCUT2D eigenvalue weighted by Gasteiger charge is -2.50. The Hall–Kier alpha value is -5.40. The third kappa shape index (κ3) is 19.4. The number of nitrogens with one attached hydrogen (secondary N) is 1. The van der Waals surface area contributed by atoms with Crippen LogP contribution in [0.15, 0.2) is 58.3 Å². The van der Waals surface area contributed by atoms with E-state index in [9.17, 15) is 112 Å². The number of unbranched alkanes of at least 4 members (excludes halogenated alkanes) is 2. The SMILES string of the molecule is CCc1ccc(O)c(-n2[nH]c(=O)n(-c3ccc(OCCOCCOCc4cn(CCCCCO[C@@H]5OC(CO)[C@@H](O)[C@H](O[C@@H]6OC(CO)[C@@H](O)[C@H](O[C@@H]7OC(CO)[C@@H](O)[C@H](O[C@@H]8OC(CO)[C@@H](O)[C@H](O[C@@H]9OC(CO)[C@@H](O)[C@H](O[C@@H]%10OC(CO)[C@@H](O)[C@H](O)C%10O)C9O)C8O)C7O)C6O)C5O)nn4)cc3)c2=O)c1. The summed E-state index contributed by atoms with van der Waals surface area (Å²) in [6, 6.07) is 11.1. The van der Waals surface area contributed by atoms with Crippen LogP contribution in [0, 0.1) is 0 Å². The van der Waals surface area contributed by atoms with Crippen molar-refractivity contribution in [2.45, 2.75) is 230 Å². The fourth-order valence-corrected chi connectivity index (χ4v) is 12.9. The van der Waals surface area contributed by atoms with E-state index in [1.165, 1.54) is 6.07 Å². The van der Waals surface area contributed by atoms with Gasteiger partial charge in [-0.15, -0.1) is 5.10 Å². The number of phenolic OH excluding ortho intramolecular Hbond substituents is 1. The Labute approximate surface area is 607 Å². The summed E-state index contributed by atoms with van der Waals surface area (Å²) in [6.45, 7) is -2.48. The predicted molar refractivity (Wildman–Crippen MR) is 346 cm³/mol. The minimum Gasteiger partial charge on any atom is -0.506 e. The third-order valence-corrected chi connectivity index (χ3v) is 19.0. The molecule has 2 aromatic carbocycles. The standard InChI is InChI=1S/C64H96N6O37/c1-2-27-6-11-32(77)31(18-27)70-64(92)69(63(91)66-70)29-7-9-30(10-8-29)95-17-16-93-14-15-94-26-28-19-68(67-65-28)12-4-3-5-13-96-57-47(86)52(40(79)34(21-72)97-57)104-59-49(88)54(42(81)36(23-74)99-59)106-61-51(90)56(44(83)38(25-76)101-61)107-62-50(89)55(43(82)37(24-75)102-62)105-60-48(87)53(41(80)35(22-73)100-60)103-58-46(85)45(84)39(78)33(20-71)98-58/h6-11,18-19,33-62,71-90H,2-5,12-17,20-26H2,1H3,(H,66,91)/t33?,34?,35?,36?,37?,38?,39-,40-,41-,42-,43-,44-,45+,46?,47?,48?,49?,50?,51?,52+,53+,54+,55+,56+,57-,58+,59+,60+,61+,62+/m1/s1. The van der Waals surface area contributed by atoms with Gasteiger partial charge in [0.25, 0.3) is 0 Å². The molecule has 10 rings (SSSR count). The fourth-order valence-electron chi connectivity index (χ4n) is 12.9. The van der Waals surface area contributed by atoms with Gasteiger partial charge < -0.3 is 173 Å². The number of aromatic hydroxyl groups is 1. The van der Waals surface area contributed by atoms with Crippen LogP contribution in [0.3, 0.4) is 0 Å². The van der Waals surface area contributed by atoms with Gasteiger partial charge in [-0.2, -0.15) is 4.68 Å². The highest BCUT2D eigenvalue weighted by Crippen LogP contribution is 2.38. The summed E-state index contributed by atoms with van der Waals surface area (Å²) in [7, 11) is 0. The molecule has 43 nitrogen and oxygen atoms in total. The first-order valence-corrected chi connectivity index (χ1v) is 34.7. The van der Waals surface area contributed by atoms with Crippen molar-refractivity contribution in [2.24, 2.45) is 0 Å². The maximum Gasteiger partial charge on any atom is 0.356 e. The first kappa shape index (κ1) is 84.1. The van der Waals surface area contributed by atoms with E-state index in [-0.39, 0.29) is 56.8 Å². The largest absolute Gasteiger partial charge is 0.506 e. The lowest BCUT2D eigenvalue weighted by molar-refractivity contribution is -0.398. The summed E-state index contributed by atoms with van der Waals surface area (Å²) in [6.07, 6.45) is -54.7. The number of hydrogen-bond donors (Lipinski definition) is 21. The molecule has 0 spiro atoms. The number of aryl methyl sites for hydroxylation is 2. The molecule has 43 heteroatoms. The Kier molecular flexibility index (Phi) is 30.4. The molecule has 30 atom stereocenters. The van der Waals surface area contributed by atoms with E-state index in [0.717, 1.165) is 14.8 Å². The zero-order valence-corrected chi connectivity index (χ0v) is 57.6. The van der Waals surface area contributed by atoms with E-state index in [4.69, 9.17) is 71.1 Å². The van der Waals surface area contributed by atoms with Crippen LogP contribution in [0.5, 0.6) is 11.5 Å². The van der Waals surface area contributed by atoms with Crippen molar-refractivity contribution in [1.82, 2.24) is 29.3 Å². The van der Waals surface area contributed by atoms with Gasteiger partial charge in [-0.1, -0.05) is 18.2 Å². The Balaban J connectivity index is 0.664. The van der Waals surface area contributed by atoms with Gasteiger partial charge in [0.2, 0.25) is 0 Å². The summed E-state index contributed by atoms with van der Waals surface area (Å²) >= 11 is 0. The molecule has 604 valence electrons. The number of phenols is 1. The summed E-state index contributed by atoms with van der Waals surface area (Å²) in [4.78, 5) is 26.0. The first-order valence-electron chi connectivity index (χ1n) is 34.7. The Morgan fingerprint density at radius 3 is 1.34 bits per heavy atom. The van der Waals surface area contributed by atoms with E-state index >= 15 is 0 Å². The van der Waals surface area contributed by atoms with Crippen LogP contribution < -0.4 is 16.1 Å². The molecular formula is C64H96N6O37. The highest BCUT2D eigenvalue weighted by molar-refractivity contribution is 5.48. The van der Waals surface area contributed by atoms with Gasteiger partial charge in [-0.3, -0.25) is 4.68 Å². The smallest absolute Gasteiger partial charge is 0.356 e. The number of rotatable bonds is 35. The number of aromatic amines is 1. The van der Waals surface area contributed by atoms with Gasteiger partial charge in [-0.25, -0.2) is 19.3 Å². The molecule has 0 bridgehead atoms. The first-order chi connectivity index (χ1) is 51.4. The number of ether oxygens (including phenoxy) is 15. The van der Waals surface area contributed by atoms with Gasteiger partial charge in [0.15, 0.2) is 37.7 Å². The summed E-state index contributed by atoms with van der Waals surface area (Å²) in [5.74, 6) is 0.300. The molecule has 0 amide bonds. The molecule has 0 aliphatic carbocycles. The van der Waals surface area contributed by atoms with E-state index in [1.807, 2.05) is 6.92 Å². The predicted octanol–water partition coefficient (Wildman–Crippen LogP) is -11.1. The Morgan fingerprint density at radius 1 is 0.458 bits per heavy atom. The fraction of sp³-hybridized carbons (Fsp3) is 0.750. The third-order valence-electron chi connectivity index (χ3n) is 19.0. The lowest BCUT2D eigenvalue weighted by atomic mass is 9.95. The molecule has 107 heavy (non-hydrogen) atoms. The number of aliphatic hydroxyl groups is 19. The van der Waals surface area contributed by atoms with E-state index in [0.29, 0.717) is 43.7 Å². The van der Waals surface area contributed by atoms with Crippen LogP contribution >= 0.6 is 0 Å². The van der Waals surface area contributed by atoms with Crippen molar-refractivity contribution < 1.29 is 173 Å². The molecule has 0 saturated carbocycles. The monoisotopic (exact) mass is 1540 g/mol. The van der Waals surface area contributed by atoms with Gasteiger partial charge >= 0.3 is 11.4 Å². The minimum absolute atomic E-state index is 0.0292. The van der Waals surface area contributed by atoms with Gasteiger partial charge in [0, 0.05) is 13.2 Å². The second-order valence-corrected chi connectivity index (χ2v) is 26.2. The molecule has 2 aromatic heterocycles. The van der Waals surface area contributed by atoms with Crippen LogP contribution in [-0.2, 0) is 85.9 Å².